The zero-order valence-electron chi connectivity index (χ0n) is 10.2. The number of anilines is 1. The van der Waals surface area contributed by atoms with E-state index in [1.165, 1.54) is 5.56 Å². The van der Waals surface area contributed by atoms with Crippen LogP contribution in [-0.4, -0.2) is 5.91 Å². The smallest absolute Gasteiger partial charge is 0.256 e. The number of hydrogen-bond donors (Lipinski definition) is 1. The minimum absolute atomic E-state index is 0.0798. The minimum Gasteiger partial charge on any atom is -0.372 e. The molecule has 0 saturated carbocycles. The number of amides is 1. The monoisotopic (exact) mass is 365 g/mol. The van der Waals surface area contributed by atoms with E-state index in [1.807, 2.05) is 42.5 Å². The topological polar surface area (TPSA) is 38.3 Å². The minimum atomic E-state index is -0.0798. The van der Waals surface area contributed by atoms with E-state index >= 15 is 0 Å². The molecule has 0 bridgehead atoms. The van der Waals surface area contributed by atoms with Crippen molar-refractivity contribution >= 4 is 34.2 Å². The molecular formula is C15H12INO2. The summed E-state index contributed by atoms with van der Waals surface area (Å²) in [6, 6.07) is 13.4. The molecule has 3 nitrogen and oxygen atoms in total. The average molecular weight is 365 g/mol. The summed E-state index contributed by atoms with van der Waals surface area (Å²) in [6.07, 6.45) is 0. The summed E-state index contributed by atoms with van der Waals surface area (Å²) in [7, 11) is 0. The highest BCUT2D eigenvalue weighted by molar-refractivity contribution is 14.1. The van der Waals surface area contributed by atoms with E-state index in [1.54, 1.807) is 0 Å². The molecule has 0 radical (unpaired) electrons. The summed E-state index contributed by atoms with van der Waals surface area (Å²) in [5.41, 5.74) is 3.86. The van der Waals surface area contributed by atoms with Crippen molar-refractivity contribution in [1.82, 2.24) is 0 Å². The van der Waals surface area contributed by atoms with Gasteiger partial charge in [0.1, 0.15) is 0 Å². The summed E-state index contributed by atoms with van der Waals surface area (Å²) >= 11 is 2.17. The number of carbonyl (C=O) groups is 1. The second-order valence-electron chi connectivity index (χ2n) is 4.41. The molecule has 4 heteroatoms. The van der Waals surface area contributed by atoms with Crippen LogP contribution in [0.2, 0.25) is 0 Å². The fourth-order valence-electron chi connectivity index (χ4n) is 2.09. The van der Waals surface area contributed by atoms with Crippen molar-refractivity contribution in [2.24, 2.45) is 0 Å². The van der Waals surface area contributed by atoms with Gasteiger partial charge >= 0.3 is 0 Å². The first-order valence-electron chi connectivity index (χ1n) is 5.99. The number of nitrogens with one attached hydrogen (secondary N) is 1. The van der Waals surface area contributed by atoms with E-state index < -0.39 is 0 Å². The second-order valence-corrected chi connectivity index (χ2v) is 5.57. The Hall–Kier alpha value is -1.40. The van der Waals surface area contributed by atoms with E-state index in [0.29, 0.717) is 18.8 Å². The lowest BCUT2D eigenvalue weighted by atomic mass is 10.1. The predicted octanol–water partition coefficient (Wildman–Crippen LogP) is 3.57. The van der Waals surface area contributed by atoms with Crippen molar-refractivity contribution < 1.29 is 9.53 Å². The van der Waals surface area contributed by atoms with Crippen molar-refractivity contribution in [3.63, 3.8) is 0 Å². The molecule has 0 aromatic heterocycles. The Balaban J connectivity index is 1.82. The van der Waals surface area contributed by atoms with Crippen molar-refractivity contribution in [2.45, 2.75) is 13.2 Å². The van der Waals surface area contributed by atoms with Gasteiger partial charge in [-0.1, -0.05) is 18.2 Å². The van der Waals surface area contributed by atoms with Gasteiger partial charge < -0.3 is 10.1 Å². The first kappa shape index (κ1) is 12.6. The number of hydrogen-bond acceptors (Lipinski definition) is 2. The van der Waals surface area contributed by atoms with Crippen LogP contribution in [0.3, 0.4) is 0 Å². The largest absolute Gasteiger partial charge is 0.372 e. The molecular weight excluding hydrogens is 353 g/mol. The molecule has 2 aromatic rings. The molecule has 1 aliphatic heterocycles. The van der Waals surface area contributed by atoms with Gasteiger partial charge in [-0.15, -0.1) is 0 Å². The van der Waals surface area contributed by atoms with Gasteiger partial charge in [-0.2, -0.15) is 0 Å². The maximum atomic E-state index is 12.2. The molecule has 0 aliphatic carbocycles. The van der Waals surface area contributed by atoms with Crippen LogP contribution < -0.4 is 5.32 Å². The Morgan fingerprint density at radius 2 is 1.89 bits per heavy atom. The highest BCUT2D eigenvalue weighted by atomic mass is 127. The second kappa shape index (κ2) is 5.30. The molecule has 1 N–H and O–H groups in total. The Bertz CT molecular complexity index is 640. The molecule has 1 aliphatic rings. The van der Waals surface area contributed by atoms with Crippen LogP contribution in [0.1, 0.15) is 21.5 Å². The Kier molecular flexibility index (Phi) is 3.52. The van der Waals surface area contributed by atoms with E-state index in [9.17, 15) is 4.79 Å². The zero-order chi connectivity index (χ0) is 13.2. The van der Waals surface area contributed by atoms with Gasteiger partial charge in [-0.05, 0) is 58.0 Å². The van der Waals surface area contributed by atoms with Gasteiger partial charge in [0.2, 0.25) is 0 Å². The molecule has 3 rings (SSSR count). The van der Waals surface area contributed by atoms with Gasteiger partial charge in [0.15, 0.2) is 0 Å². The highest BCUT2D eigenvalue weighted by Gasteiger charge is 2.13. The third-order valence-electron chi connectivity index (χ3n) is 3.10. The van der Waals surface area contributed by atoms with Crippen molar-refractivity contribution in [3.05, 3.63) is 62.7 Å². The maximum Gasteiger partial charge on any atom is 0.256 e. The quantitative estimate of drug-likeness (QED) is 0.827. The molecule has 0 saturated heterocycles. The molecule has 2 aromatic carbocycles. The maximum absolute atomic E-state index is 12.2. The van der Waals surface area contributed by atoms with E-state index in [4.69, 9.17) is 4.74 Å². The van der Waals surface area contributed by atoms with Gasteiger partial charge in [-0.25, -0.2) is 0 Å². The number of ether oxygens (including phenoxy) is 1. The third kappa shape index (κ3) is 2.64. The standard InChI is InChI=1S/C15H12INO2/c16-14-4-2-1-3-13(14)15(18)17-12-6-5-10-8-19-9-11(10)7-12/h1-7H,8-9H2,(H,17,18). The van der Waals surface area contributed by atoms with E-state index in [-0.39, 0.29) is 5.91 Å². The first-order valence-corrected chi connectivity index (χ1v) is 7.07. The van der Waals surface area contributed by atoms with Gasteiger partial charge in [0.05, 0.1) is 18.8 Å². The van der Waals surface area contributed by atoms with Crippen LogP contribution in [0.15, 0.2) is 42.5 Å². The zero-order valence-corrected chi connectivity index (χ0v) is 12.3. The number of benzene rings is 2. The number of carbonyl (C=O) groups excluding carboxylic acids is 1. The van der Waals surface area contributed by atoms with E-state index in [0.717, 1.165) is 14.8 Å². The van der Waals surface area contributed by atoms with Crippen LogP contribution in [-0.2, 0) is 18.0 Å². The molecule has 0 atom stereocenters. The third-order valence-corrected chi connectivity index (χ3v) is 4.04. The lowest BCUT2D eigenvalue weighted by Gasteiger charge is -2.08. The lowest BCUT2D eigenvalue weighted by Crippen LogP contribution is -2.13. The molecule has 0 unspecified atom stereocenters. The molecule has 19 heavy (non-hydrogen) atoms. The van der Waals surface area contributed by atoms with Gasteiger partial charge in [0, 0.05) is 9.26 Å². The van der Waals surface area contributed by atoms with E-state index in [2.05, 4.69) is 27.9 Å². The average Bonchev–Trinajstić information content (AvgIpc) is 2.86. The van der Waals surface area contributed by atoms with Gasteiger partial charge in [-0.3, -0.25) is 4.79 Å². The van der Waals surface area contributed by atoms with Crippen molar-refractivity contribution in [2.75, 3.05) is 5.32 Å². The number of rotatable bonds is 2. The number of fused-ring (bicyclic) bond motifs is 1. The van der Waals surface area contributed by atoms with Gasteiger partial charge in [0.25, 0.3) is 5.91 Å². The van der Waals surface area contributed by atoms with Crippen LogP contribution in [0.4, 0.5) is 5.69 Å². The highest BCUT2D eigenvalue weighted by Crippen LogP contribution is 2.23. The van der Waals surface area contributed by atoms with Crippen LogP contribution in [0.5, 0.6) is 0 Å². The summed E-state index contributed by atoms with van der Waals surface area (Å²) in [4.78, 5) is 12.2. The van der Waals surface area contributed by atoms with Crippen molar-refractivity contribution in [1.29, 1.82) is 0 Å². The molecule has 1 heterocycles. The predicted molar refractivity (Wildman–Crippen MR) is 82.0 cm³/mol. The summed E-state index contributed by atoms with van der Waals surface area (Å²) in [5, 5.41) is 2.93. The summed E-state index contributed by atoms with van der Waals surface area (Å²) in [5.74, 6) is -0.0798. The summed E-state index contributed by atoms with van der Waals surface area (Å²) < 4.78 is 6.31. The molecule has 0 spiro atoms. The molecule has 1 amide bonds. The number of halogens is 1. The van der Waals surface area contributed by atoms with Crippen LogP contribution >= 0.6 is 22.6 Å². The Morgan fingerprint density at radius 1 is 1.11 bits per heavy atom. The fourth-order valence-corrected chi connectivity index (χ4v) is 2.73. The Morgan fingerprint density at radius 3 is 2.74 bits per heavy atom. The first-order chi connectivity index (χ1) is 9.24. The molecule has 96 valence electrons. The van der Waals surface area contributed by atoms with Crippen molar-refractivity contribution in [3.8, 4) is 0 Å². The lowest BCUT2D eigenvalue weighted by molar-refractivity contribution is 0.102. The Labute approximate surface area is 125 Å². The molecule has 0 fully saturated rings. The fraction of sp³-hybridized carbons (Fsp3) is 0.133. The SMILES string of the molecule is O=C(Nc1ccc2c(c1)COC2)c1ccccc1I. The van der Waals surface area contributed by atoms with Crippen LogP contribution in [0, 0.1) is 3.57 Å². The van der Waals surface area contributed by atoms with Crippen LogP contribution in [0.25, 0.3) is 0 Å². The normalized spacial score (nSPS) is 13.1. The summed E-state index contributed by atoms with van der Waals surface area (Å²) in [6.45, 7) is 1.29.